The van der Waals surface area contributed by atoms with E-state index in [-0.39, 0.29) is 18.4 Å². The summed E-state index contributed by atoms with van der Waals surface area (Å²) in [6.07, 6.45) is -0.00740. The second kappa shape index (κ2) is 9.13. The molecular formula is C21H22N4O4S2. The van der Waals surface area contributed by atoms with Gasteiger partial charge >= 0.3 is 6.09 Å². The molecule has 0 radical (unpaired) electrons. The number of aliphatic hydroxyl groups excluding tert-OH is 1. The average Bonchev–Trinajstić information content (AvgIpc) is 3.51. The lowest BCUT2D eigenvalue weighted by Crippen LogP contribution is -2.43. The van der Waals surface area contributed by atoms with Gasteiger partial charge in [0.05, 0.1) is 30.0 Å². The number of thiazole rings is 2. The Morgan fingerprint density at radius 3 is 2.74 bits per heavy atom. The molecule has 31 heavy (non-hydrogen) atoms. The highest BCUT2D eigenvalue weighted by Gasteiger charge is 2.41. The third-order valence-corrected chi connectivity index (χ3v) is 7.15. The van der Waals surface area contributed by atoms with Gasteiger partial charge in [-0.3, -0.25) is 9.69 Å². The van der Waals surface area contributed by atoms with Crippen LogP contribution in [0, 0.1) is 6.92 Å². The van der Waals surface area contributed by atoms with Crippen LogP contribution in [0.3, 0.4) is 0 Å². The van der Waals surface area contributed by atoms with Gasteiger partial charge in [0.1, 0.15) is 11.0 Å². The number of carbonyl (C=O) groups excluding carboxylic acids is 2. The van der Waals surface area contributed by atoms with E-state index in [2.05, 4.69) is 15.3 Å². The molecule has 1 aromatic carbocycles. The van der Waals surface area contributed by atoms with E-state index >= 15 is 0 Å². The highest BCUT2D eigenvalue weighted by molar-refractivity contribution is 7.17. The van der Waals surface area contributed by atoms with Crippen LogP contribution in [-0.4, -0.2) is 51.7 Å². The molecule has 1 aliphatic rings. The largest absolute Gasteiger partial charge is 0.453 e. The summed E-state index contributed by atoms with van der Waals surface area (Å²) >= 11 is 2.68. The number of aryl methyl sites for hydroxylation is 1. The lowest BCUT2D eigenvalue weighted by Gasteiger charge is -2.21. The summed E-state index contributed by atoms with van der Waals surface area (Å²) in [5, 5.41) is 15.1. The standard InChI is InChI=1S/C21H22N4O4S2/c1-12-18(31-17(10-26)22-12)15-11-30-20(23-15)24-19(27)16-8-14(9-25(16)21(28)29-2)13-6-4-3-5-7-13/h3-7,11,14,16,26H,8-10H2,1-2H3,(H,23,24,27)/t14-,16+/m1/s1. The summed E-state index contributed by atoms with van der Waals surface area (Å²) in [5.41, 5.74) is 2.58. The fraction of sp³-hybridized carbons (Fsp3) is 0.333. The molecule has 2 atom stereocenters. The molecule has 1 aliphatic heterocycles. The SMILES string of the molecule is COC(=O)N1C[C@H](c2ccccc2)C[C@H]1C(=O)Nc1nc(-c2sc(CO)nc2C)cs1. The molecule has 3 aromatic rings. The first kappa shape index (κ1) is 21.4. The van der Waals surface area contributed by atoms with Crippen molar-refractivity contribution in [1.82, 2.24) is 14.9 Å². The first-order valence-corrected chi connectivity index (χ1v) is 11.4. The second-order valence-corrected chi connectivity index (χ2v) is 9.13. The number of amides is 2. The molecule has 0 saturated carbocycles. The van der Waals surface area contributed by atoms with Crippen LogP contribution in [0.2, 0.25) is 0 Å². The Bertz CT molecular complexity index is 1080. The first-order chi connectivity index (χ1) is 15.0. The molecule has 0 spiro atoms. The topological polar surface area (TPSA) is 105 Å². The van der Waals surface area contributed by atoms with Gasteiger partial charge in [0.15, 0.2) is 5.13 Å². The monoisotopic (exact) mass is 458 g/mol. The quantitative estimate of drug-likeness (QED) is 0.605. The molecule has 0 aliphatic carbocycles. The number of nitrogens with zero attached hydrogens (tertiary/aromatic N) is 3. The van der Waals surface area contributed by atoms with Gasteiger partial charge in [-0.1, -0.05) is 30.3 Å². The van der Waals surface area contributed by atoms with Crippen molar-refractivity contribution in [3.05, 3.63) is 52.0 Å². The maximum absolute atomic E-state index is 13.0. The number of benzene rings is 1. The Balaban J connectivity index is 1.51. The van der Waals surface area contributed by atoms with E-state index < -0.39 is 12.1 Å². The Hall–Kier alpha value is -2.82. The van der Waals surface area contributed by atoms with Crippen LogP contribution in [0.15, 0.2) is 35.7 Å². The van der Waals surface area contributed by atoms with Crippen LogP contribution in [0.5, 0.6) is 0 Å². The zero-order valence-electron chi connectivity index (χ0n) is 17.1. The molecule has 0 unspecified atom stereocenters. The third-order valence-electron chi connectivity index (χ3n) is 5.23. The van der Waals surface area contributed by atoms with Gasteiger partial charge in [-0.05, 0) is 18.9 Å². The molecule has 4 rings (SSSR count). The zero-order valence-corrected chi connectivity index (χ0v) is 18.7. The van der Waals surface area contributed by atoms with Gasteiger partial charge in [-0.15, -0.1) is 22.7 Å². The average molecular weight is 459 g/mol. The van der Waals surface area contributed by atoms with Gasteiger partial charge in [-0.25, -0.2) is 14.8 Å². The Morgan fingerprint density at radius 1 is 1.29 bits per heavy atom. The fourth-order valence-electron chi connectivity index (χ4n) is 3.75. The lowest BCUT2D eigenvalue weighted by molar-refractivity contribution is -0.120. The molecule has 1 saturated heterocycles. The number of nitrogens with one attached hydrogen (secondary N) is 1. The number of carbonyl (C=O) groups is 2. The van der Waals surface area contributed by atoms with Crippen LogP contribution in [-0.2, 0) is 16.1 Å². The molecular weight excluding hydrogens is 436 g/mol. The molecule has 0 bridgehead atoms. The highest BCUT2D eigenvalue weighted by atomic mass is 32.1. The highest BCUT2D eigenvalue weighted by Crippen LogP contribution is 2.35. The van der Waals surface area contributed by atoms with Crippen LogP contribution < -0.4 is 5.32 Å². The lowest BCUT2D eigenvalue weighted by atomic mass is 9.96. The molecule has 162 valence electrons. The number of hydrogen-bond acceptors (Lipinski definition) is 8. The van der Waals surface area contributed by atoms with Crippen LogP contribution in [0.4, 0.5) is 9.93 Å². The summed E-state index contributed by atoms with van der Waals surface area (Å²) in [6, 6.07) is 9.21. The van der Waals surface area contributed by atoms with Crippen molar-refractivity contribution in [2.45, 2.75) is 31.9 Å². The summed E-state index contributed by atoms with van der Waals surface area (Å²) in [6.45, 7) is 2.16. The zero-order chi connectivity index (χ0) is 22.0. The number of methoxy groups -OCH3 is 1. The molecule has 10 heteroatoms. The van der Waals surface area contributed by atoms with Crippen LogP contribution in [0.1, 0.15) is 28.6 Å². The Kier molecular flexibility index (Phi) is 6.30. The van der Waals surface area contributed by atoms with Crippen molar-refractivity contribution < 1.29 is 19.4 Å². The summed E-state index contributed by atoms with van der Waals surface area (Å²) in [4.78, 5) is 36.5. The van der Waals surface area contributed by atoms with Crippen molar-refractivity contribution in [3.63, 3.8) is 0 Å². The van der Waals surface area contributed by atoms with Crippen LogP contribution >= 0.6 is 22.7 Å². The molecule has 2 aromatic heterocycles. The number of hydrogen-bond donors (Lipinski definition) is 2. The Morgan fingerprint density at radius 2 is 2.06 bits per heavy atom. The maximum atomic E-state index is 13.0. The van der Waals surface area contributed by atoms with Crippen molar-refractivity contribution >= 4 is 39.8 Å². The minimum Gasteiger partial charge on any atom is -0.453 e. The van der Waals surface area contributed by atoms with E-state index in [1.54, 1.807) is 0 Å². The van der Waals surface area contributed by atoms with Crippen molar-refractivity contribution in [2.24, 2.45) is 0 Å². The number of anilines is 1. The summed E-state index contributed by atoms with van der Waals surface area (Å²) < 4.78 is 4.91. The smallest absolute Gasteiger partial charge is 0.410 e. The van der Waals surface area contributed by atoms with Gasteiger partial charge in [-0.2, -0.15) is 0 Å². The minimum atomic E-state index is -0.642. The second-order valence-electron chi connectivity index (χ2n) is 7.19. The minimum absolute atomic E-state index is 0.0552. The molecule has 1 fully saturated rings. The van der Waals surface area contributed by atoms with Gasteiger partial charge in [0.25, 0.3) is 0 Å². The van der Waals surface area contributed by atoms with E-state index in [1.165, 1.54) is 34.7 Å². The summed E-state index contributed by atoms with van der Waals surface area (Å²) in [5.74, 6) is -0.235. The number of ether oxygens (including phenoxy) is 1. The van der Waals surface area contributed by atoms with E-state index in [0.717, 1.165) is 16.1 Å². The maximum Gasteiger partial charge on any atom is 0.410 e. The number of aliphatic hydroxyl groups is 1. The van der Waals surface area contributed by atoms with Gasteiger partial charge < -0.3 is 15.2 Å². The number of likely N-dealkylation sites (tertiary alicyclic amines) is 1. The normalized spacial score (nSPS) is 18.2. The predicted molar refractivity (Wildman–Crippen MR) is 119 cm³/mol. The van der Waals surface area contributed by atoms with E-state index in [4.69, 9.17) is 4.74 Å². The molecule has 8 nitrogen and oxygen atoms in total. The fourth-order valence-corrected chi connectivity index (χ4v) is 5.42. The van der Waals surface area contributed by atoms with E-state index in [0.29, 0.717) is 28.8 Å². The van der Waals surface area contributed by atoms with Gasteiger partial charge in [0, 0.05) is 17.8 Å². The number of aromatic nitrogens is 2. The molecule has 2 N–H and O–H groups in total. The van der Waals surface area contributed by atoms with Gasteiger partial charge in [0.2, 0.25) is 5.91 Å². The molecule has 2 amide bonds. The van der Waals surface area contributed by atoms with E-state index in [1.807, 2.05) is 42.6 Å². The van der Waals surface area contributed by atoms with Crippen molar-refractivity contribution in [1.29, 1.82) is 0 Å². The summed E-state index contributed by atoms with van der Waals surface area (Å²) in [7, 11) is 1.32. The third kappa shape index (κ3) is 4.46. The predicted octanol–water partition coefficient (Wildman–Crippen LogP) is 3.63. The van der Waals surface area contributed by atoms with Crippen molar-refractivity contribution in [2.75, 3.05) is 19.0 Å². The van der Waals surface area contributed by atoms with E-state index in [9.17, 15) is 14.7 Å². The first-order valence-electron chi connectivity index (χ1n) is 9.73. The molecule has 3 heterocycles. The number of rotatable bonds is 5. The Labute approximate surface area is 187 Å². The van der Waals surface area contributed by atoms with Crippen molar-refractivity contribution in [3.8, 4) is 10.6 Å². The van der Waals surface area contributed by atoms with Crippen LogP contribution in [0.25, 0.3) is 10.6 Å².